The van der Waals surface area contributed by atoms with Crippen molar-refractivity contribution >= 4 is 45.2 Å². The maximum absolute atomic E-state index is 12.3. The molecule has 0 aliphatic carbocycles. The molecule has 1 aliphatic rings. The summed E-state index contributed by atoms with van der Waals surface area (Å²) in [7, 11) is 0. The zero-order valence-electron chi connectivity index (χ0n) is 12.9. The lowest BCUT2D eigenvalue weighted by atomic mass is 9.90. The first-order valence-corrected chi connectivity index (χ1v) is 9.08. The van der Waals surface area contributed by atoms with Crippen molar-refractivity contribution in [2.24, 2.45) is 5.92 Å². The number of rotatable bonds is 2. The molecule has 0 unspecified atom stereocenters. The smallest absolute Gasteiger partial charge is 0.410 e. The van der Waals surface area contributed by atoms with Crippen molar-refractivity contribution in [3.63, 3.8) is 0 Å². The summed E-state index contributed by atoms with van der Waals surface area (Å²) in [6, 6.07) is 5.47. The summed E-state index contributed by atoms with van der Waals surface area (Å²) in [6.45, 7) is 6.84. The highest BCUT2D eigenvalue weighted by Gasteiger charge is 2.38. The molecule has 1 heterocycles. The first kappa shape index (κ1) is 17.9. The number of alkyl halides is 1. The molecule has 0 aromatic heterocycles. The van der Waals surface area contributed by atoms with E-state index in [2.05, 4.69) is 15.9 Å². The van der Waals surface area contributed by atoms with Crippen LogP contribution >= 0.6 is 39.1 Å². The Balaban J connectivity index is 2.19. The Bertz CT molecular complexity index is 560. The minimum atomic E-state index is -0.493. The third kappa shape index (κ3) is 4.30. The van der Waals surface area contributed by atoms with Gasteiger partial charge in [0.2, 0.25) is 0 Å². The van der Waals surface area contributed by atoms with Crippen molar-refractivity contribution in [3.8, 4) is 0 Å². The van der Waals surface area contributed by atoms with Crippen LogP contribution in [0.1, 0.15) is 32.3 Å². The predicted octanol–water partition coefficient (Wildman–Crippen LogP) is 5.34. The zero-order chi connectivity index (χ0) is 16.5. The Hall–Kier alpha value is -0.450. The van der Waals surface area contributed by atoms with Gasteiger partial charge in [-0.15, -0.1) is 0 Å². The summed E-state index contributed by atoms with van der Waals surface area (Å²) in [6.07, 6.45) is -0.279. The number of amides is 1. The van der Waals surface area contributed by atoms with Gasteiger partial charge in [0, 0.05) is 34.4 Å². The summed E-state index contributed by atoms with van der Waals surface area (Å²) < 4.78 is 5.47. The number of nitrogens with zero attached hydrogens (tertiary/aromatic N) is 1. The van der Waals surface area contributed by atoms with Crippen molar-refractivity contribution in [1.29, 1.82) is 0 Å². The van der Waals surface area contributed by atoms with Gasteiger partial charge in [0.1, 0.15) is 5.60 Å². The normalized spacial score (nSPS) is 22.0. The fraction of sp³-hybridized carbons (Fsp3) is 0.562. The Morgan fingerprint density at radius 2 is 2.05 bits per heavy atom. The van der Waals surface area contributed by atoms with E-state index in [1.165, 1.54) is 0 Å². The van der Waals surface area contributed by atoms with E-state index in [0.29, 0.717) is 23.1 Å². The van der Waals surface area contributed by atoms with Crippen molar-refractivity contribution in [1.82, 2.24) is 4.90 Å². The Morgan fingerprint density at radius 3 is 2.64 bits per heavy atom. The number of hydrogen-bond donors (Lipinski definition) is 0. The second-order valence-electron chi connectivity index (χ2n) is 6.57. The van der Waals surface area contributed by atoms with Crippen LogP contribution in [-0.2, 0) is 4.74 Å². The van der Waals surface area contributed by atoms with Gasteiger partial charge in [-0.05, 0) is 50.5 Å². The van der Waals surface area contributed by atoms with Gasteiger partial charge in [-0.2, -0.15) is 0 Å². The van der Waals surface area contributed by atoms with Crippen LogP contribution in [0.5, 0.6) is 0 Å². The van der Waals surface area contributed by atoms with Crippen LogP contribution in [0.2, 0.25) is 10.0 Å². The number of carbonyl (C=O) groups is 1. The van der Waals surface area contributed by atoms with E-state index in [-0.39, 0.29) is 17.9 Å². The summed E-state index contributed by atoms with van der Waals surface area (Å²) in [5.74, 6) is 0.432. The molecule has 0 radical (unpaired) electrons. The van der Waals surface area contributed by atoms with E-state index in [4.69, 9.17) is 27.9 Å². The molecule has 1 saturated heterocycles. The predicted molar refractivity (Wildman–Crippen MR) is 94.3 cm³/mol. The summed E-state index contributed by atoms with van der Waals surface area (Å²) in [5, 5.41) is 2.13. The van der Waals surface area contributed by atoms with E-state index in [9.17, 15) is 4.79 Å². The van der Waals surface area contributed by atoms with Gasteiger partial charge in [-0.3, -0.25) is 0 Å². The van der Waals surface area contributed by atoms with E-state index in [0.717, 1.165) is 10.9 Å². The van der Waals surface area contributed by atoms with Gasteiger partial charge < -0.3 is 9.64 Å². The van der Waals surface area contributed by atoms with Crippen LogP contribution in [0.3, 0.4) is 0 Å². The van der Waals surface area contributed by atoms with Gasteiger partial charge in [-0.1, -0.05) is 39.1 Å². The Labute approximate surface area is 150 Å². The minimum Gasteiger partial charge on any atom is -0.444 e. The first-order valence-electron chi connectivity index (χ1n) is 7.20. The molecule has 122 valence electrons. The molecule has 1 aliphatic heterocycles. The molecular formula is C16H20BrCl2NO2. The molecule has 0 saturated carbocycles. The lowest BCUT2D eigenvalue weighted by Crippen LogP contribution is -2.35. The molecular weight excluding hydrogens is 389 g/mol. The van der Waals surface area contributed by atoms with Crippen LogP contribution in [-0.4, -0.2) is 35.0 Å². The molecule has 6 heteroatoms. The average Bonchev–Trinajstić information content (AvgIpc) is 2.83. The quantitative estimate of drug-likeness (QED) is 0.618. The number of ether oxygens (including phenoxy) is 1. The van der Waals surface area contributed by atoms with Gasteiger partial charge in [-0.25, -0.2) is 4.79 Å². The molecule has 1 aromatic carbocycles. The van der Waals surface area contributed by atoms with E-state index in [1.807, 2.05) is 26.8 Å². The van der Waals surface area contributed by atoms with Gasteiger partial charge in [0.05, 0.1) is 0 Å². The van der Waals surface area contributed by atoms with E-state index in [1.54, 1.807) is 17.0 Å². The molecule has 0 N–H and O–H groups in total. The monoisotopic (exact) mass is 407 g/mol. The summed E-state index contributed by atoms with van der Waals surface area (Å²) in [4.78, 5) is 14.0. The van der Waals surface area contributed by atoms with Crippen molar-refractivity contribution < 1.29 is 9.53 Å². The highest BCUT2D eigenvalue weighted by molar-refractivity contribution is 9.09. The Morgan fingerprint density at radius 1 is 1.36 bits per heavy atom. The van der Waals surface area contributed by atoms with E-state index >= 15 is 0 Å². The second-order valence-corrected chi connectivity index (χ2v) is 8.06. The SMILES string of the molecule is CC(C)(C)OC(=O)N1C[C@@H](CBr)[C@H](c2cc(Cl)ccc2Cl)C1. The standard InChI is InChI=1S/C16H20BrCl2NO2/c1-16(2,3)22-15(21)20-8-10(7-17)13(9-20)12-6-11(18)4-5-14(12)19/h4-6,10,13H,7-9H2,1-3H3/t10-,13-/m1/s1. The largest absolute Gasteiger partial charge is 0.444 e. The molecule has 0 spiro atoms. The van der Waals surface area contributed by atoms with Crippen molar-refractivity contribution in [2.45, 2.75) is 32.3 Å². The third-order valence-corrected chi connectivity index (χ3v) is 5.06. The minimum absolute atomic E-state index is 0.151. The highest BCUT2D eigenvalue weighted by atomic mass is 79.9. The highest BCUT2D eigenvalue weighted by Crippen LogP contribution is 2.38. The molecule has 2 rings (SSSR count). The molecule has 0 bridgehead atoms. The average molecular weight is 409 g/mol. The third-order valence-electron chi connectivity index (χ3n) is 3.65. The fourth-order valence-corrected chi connectivity index (χ4v) is 3.75. The van der Waals surface area contributed by atoms with Crippen LogP contribution in [0.4, 0.5) is 4.79 Å². The van der Waals surface area contributed by atoms with Crippen LogP contribution in [0.15, 0.2) is 18.2 Å². The number of halogens is 3. The molecule has 1 fully saturated rings. The molecule has 3 nitrogen and oxygen atoms in total. The number of benzene rings is 1. The maximum Gasteiger partial charge on any atom is 0.410 e. The first-order chi connectivity index (χ1) is 10.2. The van der Waals surface area contributed by atoms with Crippen LogP contribution in [0.25, 0.3) is 0 Å². The fourth-order valence-electron chi connectivity index (χ4n) is 2.65. The maximum atomic E-state index is 12.3. The van der Waals surface area contributed by atoms with Gasteiger partial charge >= 0.3 is 6.09 Å². The molecule has 1 amide bonds. The van der Waals surface area contributed by atoms with Gasteiger partial charge in [0.25, 0.3) is 0 Å². The lowest BCUT2D eigenvalue weighted by molar-refractivity contribution is 0.0288. The molecule has 2 atom stereocenters. The zero-order valence-corrected chi connectivity index (χ0v) is 16.0. The van der Waals surface area contributed by atoms with Crippen LogP contribution in [0, 0.1) is 5.92 Å². The summed E-state index contributed by atoms with van der Waals surface area (Å²) in [5.41, 5.74) is 0.497. The van der Waals surface area contributed by atoms with Crippen molar-refractivity contribution in [2.75, 3.05) is 18.4 Å². The second kappa shape index (κ2) is 6.98. The van der Waals surface area contributed by atoms with Crippen LogP contribution < -0.4 is 0 Å². The number of likely N-dealkylation sites (tertiary alicyclic amines) is 1. The van der Waals surface area contributed by atoms with Crippen molar-refractivity contribution in [3.05, 3.63) is 33.8 Å². The number of hydrogen-bond acceptors (Lipinski definition) is 2. The Kier molecular flexibility index (Phi) is 5.68. The lowest BCUT2D eigenvalue weighted by Gasteiger charge is -2.24. The molecule has 22 heavy (non-hydrogen) atoms. The molecule has 1 aromatic rings. The van der Waals surface area contributed by atoms with Gasteiger partial charge in [0.15, 0.2) is 0 Å². The summed E-state index contributed by atoms with van der Waals surface area (Å²) >= 11 is 16.0. The van der Waals surface area contributed by atoms with E-state index < -0.39 is 5.60 Å². The topological polar surface area (TPSA) is 29.5 Å². The number of carbonyl (C=O) groups excluding carboxylic acids is 1.